The van der Waals surface area contributed by atoms with Gasteiger partial charge in [-0.05, 0) is 18.2 Å². The number of carboxylic acids is 1. The Morgan fingerprint density at radius 1 is 1.22 bits per heavy atom. The molecule has 1 aromatic carbocycles. The van der Waals surface area contributed by atoms with Gasteiger partial charge >= 0.3 is 5.97 Å². The second-order valence-electron chi connectivity index (χ2n) is 3.34. The normalized spacial score (nSPS) is 10.1. The maximum Gasteiger partial charge on any atom is 0.354 e. The van der Waals surface area contributed by atoms with Crippen molar-refractivity contribution in [1.29, 1.82) is 0 Å². The van der Waals surface area contributed by atoms with Crippen LogP contribution in [-0.2, 0) is 0 Å². The highest BCUT2D eigenvalue weighted by Crippen LogP contribution is 2.23. The van der Waals surface area contributed by atoms with E-state index in [0.717, 1.165) is 18.2 Å². The number of carbonyl (C=O) groups is 1. The van der Waals surface area contributed by atoms with E-state index in [1.807, 2.05) is 0 Å². The molecule has 92 valence electrons. The third kappa shape index (κ3) is 2.60. The second kappa shape index (κ2) is 4.79. The van der Waals surface area contributed by atoms with Crippen molar-refractivity contribution in [2.75, 3.05) is 0 Å². The first-order valence-electron chi connectivity index (χ1n) is 4.89. The number of aromatic nitrogens is 1. The summed E-state index contributed by atoms with van der Waals surface area (Å²) in [5.41, 5.74) is -0.246. The lowest BCUT2D eigenvalue weighted by Gasteiger charge is -2.06. The topological polar surface area (TPSA) is 59.4 Å². The zero-order valence-electron chi connectivity index (χ0n) is 8.93. The molecule has 0 spiro atoms. The Hall–Kier alpha value is -2.50. The van der Waals surface area contributed by atoms with Crippen LogP contribution in [0.15, 0.2) is 36.4 Å². The Balaban J connectivity index is 2.31. The zero-order chi connectivity index (χ0) is 13.1. The summed E-state index contributed by atoms with van der Waals surface area (Å²) in [5, 5.41) is 8.72. The quantitative estimate of drug-likeness (QED) is 0.911. The summed E-state index contributed by atoms with van der Waals surface area (Å²) < 4.78 is 31.2. The minimum atomic E-state index is -1.24. The van der Waals surface area contributed by atoms with Crippen LogP contribution < -0.4 is 4.74 Å². The van der Waals surface area contributed by atoms with E-state index in [0.29, 0.717) is 0 Å². The largest absolute Gasteiger partial charge is 0.477 e. The summed E-state index contributed by atoms with van der Waals surface area (Å²) in [6.45, 7) is 0. The second-order valence-corrected chi connectivity index (χ2v) is 3.34. The Morgan fingerprint density at radius 3 is 2.72 bits per heavy atom. The molecular weight excluding hydrogens is 244 g/mol. The number of rotatable bonds is 3. The number of nitrogens with zero attached hydrogens (tertiary/aromatic N) is 1. The maximum atomic E-state index is 13.3. The van der Waals surface area contributed by atoms with Crippen LogP contribution >= 0.6 is 0 Å². The number of ether oxygens (including phenoxy) is 1. The molecule has 2 rings (SSSR count). The first-order chi connectivity index (χ1) is 8.56. The van der Waals surface area contributed by atoms with E-state index in [1.165, 1.54) is 18.2 Å². The van der Waals surface area contributed by atoms with E-state index in [1.54, 1.807) is 0 Å². The fourth-order valence-corrected chi connectivity index (χ4v) is 1.26. The Bertz CT molecular complexity index is 602. The van der Waals surface area contributed by atoms with E-state index >= 15 is 0 Å². The molecule has 0 aliphatic rings. The molecule has 2 aromatic rings. The van der Waals surface area contributed by atoms with Gasteiger partial charge in [0, 0.05) is 12.1 Å². The molecule has 0 bridgehead atoms. The van der Waals surface area contributed by atoms with Crippen molar-refractivity contribution >= 4 is 5.97 Å². The standard InChI is InChI=1S/C12H7F2NO3/c13-7-4-5-8(14)10(6-7)18-11-3-1-2-9(15-11)12(16)17/h1-6H,(H,16,17). The number of halogens is 2. The van der Waals surface area contributed by atoms with Gasteiger partial charge in [0.05, 0.1) is 0 Å². The number of benzene rings is 1. The van der Waals surface area contributed by atoms with Gasteiger partial charge in [0.1, 0.15) is 5.82 Å². The molecule has 1 heterocycles. The molecule has 0 aliphatic heterocycles. The fourth-order valence-electron chi connectivity index (χ4n) is 1.26. The highest BCUT2D eigenvalue weighted by Gasteiger charge is 2.09. The molecule has 1 aromatic heterocycles. The van der Waals surface area contributed by atoms with Crippen LogP contribution in [0.25, 0.3) is 0 Å². The van der Waals surface area contributed by atoms with Gasteiger partial charge in [-0.25, -0.2) is 18.6 Å². The van der Waals surface area contributed by atoms with Gasteiger partial charge < -0.3 is 9.84 Å². The van der Waals surface area contributed by atoms with Crippen molar-refractivity contribution in [3.8, 4) is 11.6 Å². The summed E-state index contributed by atoms with van der Waals surface area (Å²) in [6.07, 6.45) is 0. The smallest absolute Gasteiger partial charge is 0.354 e. The summed E-state index contributed by atoms with van der Waals surface area (Å²) in [5.74, 6) is -3.15. The Labute approximate surface area is 100 Å². The molecule has 0 unspecified atom stereocenters. The third-order valence-corrected chi connectivity index (χ3v) is 2.05. The van der Waals surface area contributed by atoms with Gasteiger partial charge in [0.25, 0.3) is 0 Å². The monoisotopic (exact) mass is 251 g/mol. The predicted octanol–water partition coefficient (Wildman–Crippen LogP) is 2.85. The summed E-state index contributed by atoms with van der Waals surface area (Å²) >= 11 is 0. The molecule has 0 radical (unpaired) electrons. The molecule has 4 nitrogen and oxygen atoms in total. The molecule has 0 saturated carbocycles. The number of pyridine rings is 1. The average molecular weight is 251 g/mol. The van der Waals surface area contributed by atoms with Crippen LogP contribution in [0.3, 0.4) is 0 Å². The fraction of sp³-hybridized carbons (Fsp3) is 0. The van der Waals surface area contributed by atoms with Gasteiger partial charge in [0.15, 0.2) is 17.3 Å². The number of carboxylic acid groups (broad SMARTS) is 1. The van der Waals surface area contributed by atoms with Gasteiger partial charge in [-0.2, -0.15) is 0 Å². The van der Waals surface area contributed by atoms with Crippen LogP contribution in [0.2, 0.25) is 0 Å². The van der Waals surface area contributed by atoms with Crippen LogP contribution in [0.4, 0.5) is 8.78 Å². The first-order valence-corrected chi connectivity index (χ1v) is 4.89. The lowest BCUT2D eigenvalue weighted by molar-refractivity contribution is 0.0689. The van der Waals surface area contributed by atoms with Crippen molar-refractivity contribution in [1.82, 2.24) is 4.98 Å². The molecule has 1 N–H and O–H groups in total. The summed E-state index contributed by atoms with van der Waals surface area (Å²) in [6, 6.07) is 6.70. The van der Waals surface area contributed by atoms with Gasteiger partial charge in [0.2, 0.25) is 5.88 Å². The van der Waals surface area contributed by atoms with Crippen LogP contribution in [0.1, 0.15) is 10.5 Å². The molecule has 0 amide bonds. The van der Waals surface area contributed by atoms with Gasteiger partial charge in [-0.15, -0.1) is 0 Å². The van der Waals surface area contributed by atoms with Crippen LogP contribution in [0, 0.1) is 11.6 Å². The van der Waals surface area contributed by atoms with E-state index in [2.05, 4.69) is 4.98 Å². The van der Waals surface area contributed by atoms with Crippen molar-refractivity contribution in [2.24, 2.45) is 0 Å². The molecule has 0 aliphatic carbocycles. The van der Waals surface area contributed by atoms with E-state index in [9.17, 15) is 13.6 Å². The third-order valence-electron chi connectivity index (χ3n) is 2.05. The zero-order valence-corrected chi connectivity index (χ0v) is 8.93. The highest BCUT2D eigenvalue weighted by molar-refractivity contribution is 5.85. The van der Waals surface area contributed by atoms with E-state index in [4.69, 9.17) is 9.84 Å². The lowest BCUT2D eigenvalue weighted by atomic mass is 10.3. The molecule has 0 saturated heterocycles. The van der Waals surface area contributed by atoms with Crippen molar-refractivity contribution in [3.63, 3.8) is 0 Å². The average Bonchev–Trinajstić information content (AvgIpc) is 2.34. The Kier molecular flexibility index (Phi) is 3.18. The first kappa shape index (κ1) is 12.0. The van der Waals surface area contributed by atoms with Gasteiger partial charge in [-0.3, -0.25) is 0 Å². The molecule has 6 heteroatoms. The van der Waals surface area contributed by atoms with Crippen molar-refractivity contribution < 1.29 is 23.4 Å². The molecule has 18 heavy (non-hydrogen) atoms. The minimum Gasteiger partial charge on any atom is -0.477 e. The number of hydrogen-bond donors (Lipinski definition) is 1. The van der Waals surface area contributed by atoms with Gasteiger partial charge in [-0.1, -0.05) is 6.07 Å². The highest BCUT2D eigenvalue weighted by atomic mass is 19.1. The number of aromatic carboxylic acids is 1. The summed E-state index contributed by atoms with van der Waals surface area (Å²) in [4.78, 5) is 14.3. The van der Waals surface area contributed by atoms with Crippen molar-refractivity contribution in [2.45, 2.75) is 0 Å². The Morgan fingerprint density at radius 2 is 2.00 bits per heavy atom. The van der Waals surface area contributed by atoms with Crippen LogP contribution in [0.5, 0.6) is 11.6 Å². The minimum absolute atomic E-state index is 0.126. The SMILES string of the molecule is O=C(O)c1cccc(Oc2cc(F)ccc2F)n1. The lowest BCUT2D eigenvalue weighted by Crippen LogP contribution is -2.01. The number of hydrogen-bond acceptors (Lipinski definition) is 3. The molecule has 0 fully saturated rings. The predicted molar refractivity (Wildman–Crippen MR) is 57.6 cm³/mol. The summed E-state index contributed by atoms with van der Waals surface area (Å²) in [7, 11) is 0. The van der Waals surface area contributed by atoms with E-state index < -0.39 is 17.6 Å². The molecule has 0 atom stereocenters. The maximum absolute atomic E-state index is 13.3. The molecular formula is C12H7F2NO3. The van der Waals surface area contributed by atoms with E-state index in [-0.39, 0.29) is 17.3 Å². The van der Waals surface area contributed by atoms with Crippen LogP contribution in [-0.4, -0.2) is 16.1 Å². The van der Waals surface area contributed by atoms with Crippen molar-refractivity contribution in [3.05, 3.63) is 53.7 Å².